The van der Waals surface area contributed by atoms with Gasteiger partial charge in [0.1, 0.15) is 11.8 Å². The lowest BCUT2D eigenvalue weighted by Gasteiger charge is -2.10. The lowest BCUT2D eigenvalue weighted by molar-refractivity contribution is -0.153. The minimum absolute atomic E-state index is 0.0261. The molecule has 0 aliphatic heterocycles. The Kier molecular flexibility index (Phi) is 3.83. The van der Waals surface area contributed by atoms with Crippen LogP contribution in [0.3, 0.4) is 0 Å². The normalized spacial score (nSPS) is 11.8. The number of nitrogens with zero attached hydrogens (tertiary/aromatic N) is 3. The van der Waals surface area contributed by atoms with Gasteiger partial charge in [0.25, 0.3) is 0 Å². The topological polar surface area (TPSA) is 88.1 Å². The first-order valence-electron chi connectivity index (χ1n) is 4.44. The van der Waals surface area contributed by atoms with Crippen LogP contribution in [0.15, 0.2) is 12.5 Å². The highest BCUT2D eigenvalue weighted by atomic mass is 16.5. The zero-order valence-corrected chi connectivity index (χ0v) is 8.25. The van der Waals surface area contributed by atoms with Crippen LogP contribution in [0, 0.1) is 11.3 Å². The van der Waals surface area contributed by atoms with E-state index in [9.17, 15) is 9.90 Å². The Morgan fingerprint density at radius 1 is 1.87 bits per heavy atom. The SMILES string of the molecule is CCOC(=O)[C@H](O)Cn1cncc1C#N. The highest BCUT2D eigenvalue weighted by Crippen LogP contribution is 2.00. The van der Waals surface area contributed by atoms with Crippen LogP contribution in [-0.4, -0.2) is 33.3 Å². The van der Waals surface area contributed by atoms with E-state index in [1.54, 1.807) is 6.92 Å². The first-order valence-corrected chi connectivity index (χ1v) is 4.44. The largest absolute Gasteiger partial charge is 0.464 e. The maximum atomic E-state index is 11.1. The molecule has 0 fully saturated rings. The summed E-state index contributed by atoms with van der Waals surface area (Å²) in [6.45, 7) is 1.84. The molecule has 6 heteroatoms. The summed E-state index contributed by atoms with van der Waals surface area (Å²) in [6, 6.07) is 1.89. The van der Waals surface area contributed by atoms with E-state index in [4.69, 9.17) is 5.26 Å². The number of aromatic nitrogens is 2. The van der Waals surface area contributed by atoms with E-state index in [1.807, 2.05) is 6.07 Å². The number of hydrogen-bond donors (Lipinski definition) is 1. The number of aliphatic hydroxyl groups is 1. The van der Waals surface area contributed by atoms with Gasteiger partial charge in [-0.1, -0.05) is 0 Å². The average molecular weight is 209 g/mol. The van der Waals surface area contributed by atoms with E-state index in [2.05, 4.69) is 9.72 Å². The standard InChI is InChI=1S/C9H11N3O3/c1-2-15-9(14)8(13)5-12-6-11-4-7(12)3-10/h4,6,8,13H,2,5H2,1H3/t8-/m1/s1. The molecule has 0 unspecified atom stereocenters. The number of hydrogen-bond acceptors (Lipinski definition) is 5. The number of esters is 1. The van der Waals surface area contributed by atoms with E-state index in [0.717, 1.165) is 0 Å². The minimum atomic E-state index is -1.27. The first-order chi connectivity index (χ1) is 7.19. The van der Waals surface area contributed by atoms with Crippen molar-refractivity contribution in [2.75, 3.05) is 6.61 Å². The number of imidazole rings is 1. The second kappa shape index (κ2) is 5.12. The Morgan fingerprint density at radius 2 is 2.60 bits per heavy atom. The van der Waals surface area contributed by atoms with Gasteiger partial charge in [0, 0.05) is 0 Å². The van der Waals surface area contributed by atoms with Crippen molar-refractivity contribution in [2.45, 2.75) is 19.6 Å². The lowest BCUT2D eigenvalue weighted by Crippen LogP contribution is -2.28. The maximum Gasteiger partial charge on any atom is 0.336 e. The summed E-state index contributed by atoms with van der Waals surface area (Å²) >= 11 is 0. The van der Waals surface area contributed by atoms with E-state index < -0.39 is 12.1 Å². The van der Waals surface area contributed by atoms with Crippen LogP contribution in [-0.2, 0) is 16.1 Å². The summed E-state index contributed by atoms with van der Waals surface area (Å²) in [7, 11) is 0. The van der Waals surface area contributed by atoms with Gasteiger partial charge in [0.2, 0.25) is 0 Å². The molecule has 0 aliphatic rings. The van der Waals surface area contributed by atoms with Crippen LogP contribution in [0.5, 0.6) is 0 Å². The molecule has 0 aliphatic carbocycles. The molecule has 15 heavy (non-hydrogen) atoms. The number of carbonyl (C=O) groups is 1. The van der Waals surface area contributed by atoms with Gasteiger partial charge < -0.3 is 14.4 Å². The molecule has 0 aromatic carbocycles. The van der Waals surface area contributed by atoms with Gasteiger partial charge in [-0.3, -0.25) is 0 Å². The summed E-state index contributed by atoms with van der Waals surface area (Å²) < 4.78 is 6.01. The zero-order chi connectivity index (χ0) is 11.3. The molecule has 1 aromatic rings. The van der Waals surface area contributed by atoms with Gasteiger partial charge in [-0.25, -0.2) is 9.78 Å². The van der Waals surface area contributed by atoms with E-state index >= 15 is 0 Å². The predicted octanol–water partition coefficient (Wildman–Crippen LogP) is -0.321. The van der Waals surface area contributed by atoms with Crippen molar-refractivity contribution in [3.8, 4) is 6.07 Å². The molecule has 1 rings (SSSR count). The summed E-state index contributed by atoms with van der Waals surface area (Å²) in [5.74, 6) is -0.699. The van der Waals surface area contributed by atoms with E-state index in [-0.39, 0.29) is 13.2 Å². The van der Waals surface area contributed by atoms with Crippen LogP contribution >= 0.6 is 0 Å². The summed E-state index contributed by atoms with van der Waals surface area (Å²) in [5.41, 5.74) is 0.290. The van der Waals surface area contributed by atoms with Crippen LogP contribution in [0.1, 0.15) is 12.6 Å². The Morgan fingerprint density at radius 3 is 3.20 bits per heavy atom. The Labute approximate surface area is 86.7 Å². The van der Waals surface area contributed by atoms with Gasteiger partial charge in [-0.15, -0.1) is 0 Å². The van der Waals surface area contributed by atoms with Crippen LogP contribution in [0.2, 0.25) is 0 Å². The molecule has 0 saturated heterocycles. The average Bonchev–Trinajstić information content (AvgIpc) is 2.65. The fourth-order valence-electron chi connectivity index (χ4n) is 1.06. The summed E-state index contributed by atoms with van der Waals surface area (Å²) in [6.07, 6.45) is 1.46. The van der Waals surface area contributed by atoms with Crippen molar-refractivity contribution in [3.05, 3.63) is 18.2 Å². The summed E-state index contributed by atoms with van der Waals surface area (Å²) in [4.78, 5) is 14.8. The highest BCUT2D eigenvalue weighted by Gasteiger charge is 2.17. The van der Waals surface area contributed by atoms with Crippen molar-refractivity contribution in [1.82, 2.24) is 9.55 Å². The molecule has 0 spiro atoms. The van der Waals surface area contributed by atoms with Gasteiger partial charge in [0.15, 0.2) is 6.10 Å². The van der Waals surface area contributed by atoms with Crippen molar-refractivity contribution in [2.24, 2.45) is 0 Å². The van der Waals surface area contributed by atoms with Gasteiger partial charge >= 0.3 is 5.97 Å². The molecule has 1 atom stereocenters. The third-order valence-corrected chi connectivity index (χ3v) is 1.76. The van der Waals surface area contributed by atoms with Crippen molar-refractivity contribution in [3.63, 3.8) is 0 Å². The summed E-state index contributed by atoms with van der Waals surface area (Å²) in [5, 5.41) is 18.1. The Bertz CT molecular complexity index is 380. The van der Waals surface area contributed by atoms with Crippen molar-refractivity contribution in [1.29, 1.82) is 5.26 Å². The highest BCUT2D eigenvalue weighted by molar-refractivity contribution is 5.74. The quantitative estimate of drug-likeness (QED) is 0.686. The van der Waals surface area contributed by atoms with Crippen molar-refractivity contribution < 1.29 is 14.6 Å². The number of ether oxygens (including phenoxy) is 1. The second-order valence-electron chi connectivity index (χ2n) is 2.81. The van der Waals surface area contributed by atoms with Gasteiger partial charge in [-0.05, 0) is 6.92 Å². The number of aliphatic hydroxyl groups excluding tert-OH is 1. The molecule has 1 aromatic heterocycles. The Hall–Kier alpha value is -1.87. The molecule has 0 saturated carbocycles. The molecule has 0 radical (unpaired) electrons. The lowest BCUT2D eigenvalue weighted by atomic mass is 10.3. The minimum Gasteiger partial charge on any atom is -0.464 e. The number of carbonyl (C=O) groups excluding carboxylic acids is 1. The van der Waals surface area contributed by atoms with Gasteiger partial charge in [0.05, 0.1) is 25.7 Å². The fraction of sp³-hybridized carbons (Fsp3) is 0.444. The fourth-order valence-corrected chi connectivity index (χ4v) is 1.06. The Balaban J connectivity index is 2.62. The molecule has 0 amide bonds. The molecule has 0 bridgehead atoms. The molecular formula is C9H11N3O3. The number of nitriles is 1. The number of rotatable bonds is 4. The predicted molar refractivity (Wildman–Crippen MR) is 49.6 cm³/mol. The maximum absolute atomic E-state index is 11.1. The first kappa shape index (κ1) is 11.2. The second-order valence-corrected chi connectivity index (χ2v) is 2.81. The third kappa shape index (κ3) is 2.79. The zero-order valence-electron chi connectivity index (χ0n) is 8.25. The third-order valence-electron chi connectivity index (χ3n) is 1.76. The van der Waals surface area contributed by atoms with E-state index in [0.29, 0.717) is 5.69 Å². The molecular weight excluding hydrogens is 198 g/mol. The molecule has 80 valence electrons. The van der Waals surface area contributed by atoms with Gasteiger partial charge in [-0.2, -0.15) is 5.26 Å². The molecule has 1 heterocycles. The van der Waals surface area contributed by atoms with Crippen LogP contribution < -0.4 is 0 Å². The van der Waals surface area contributed by atoms with Crippen LogP contribution in [0.25, 0.3) is 0 Å². The van der Waals surface area contributed by atoms with Crippen LogP contribution in [0.4, 0.5) is 0 Å². The monoisotopic (exact) mass is 209 g/mol. The smallest absolute Gasteiger partial charge is 0.336 e. The van der Waals surface area contributed by atoms with E-state index in [1.165, 1.54) is 17.1 Å². The molecule has 1 N–H and O–H groups in total. The molecule has 6 nitrogen and oxygen atoms in total. The van der Waals surface area contributed by atoms with Crippen molar-refractivity contribution >= 4 is 5.97 Å².